The van der Waals surface area contributed by atoms with Crippen LogP contribution in [0.4, 0.5) is 0 Å². The Balaban J connectivity index is 2.74. The van der Waals surface area contributed by atoms with Gasteiger partial charge in [0.05, 0.1) is 12.1 Å². The molecule has 1 aliphatic rings. The topological polar surface area (TPSA) is 66.0 Å². The Hall–Kier alpha value is -1.10. The molecule has 0 aromatic carbocycles. The zero-order valence-electron chi connectivity index (χ0n) is 6.37. The van der Waals surface area contributed by atoms with Gasteiger partial charge < -0.3 is 9.47 Å². The lowest BCUT2D eigenvalue weighted by Gasteiger charge is -2.14. The summed E-state index contributed by atoms with van der Waals surface area (Å²) < 4.78 is 10.2. The van der Waals surface area contributed by atoms with Gasteiger partial charge in [-0.25, -0.2) is 0 Å². The second-order valence-corrected chi connectivity index (χ2v) is 2.73. The van der Waals surface area contributed by atoms with Gasteiger partial charge in [-0.2, -0.15) is 10.5 Å². The molecular weight excluding hydrogens is 144 g/mol. The van der Waals surface area contributed by atoms with Gasteiger partial charge in [0.15, 0.2) is 18.0 Å². The molecule has 58 valence electrons. The van der Waals surface area contributed by atoms with Gasteiger partial charge in [0.1, 0.15) is 0 Å². The molecular formula is C7H8N2O2. The van der Waals surface area contributed by atoms with E-state index in [9.17, 15) is 0 Å². The van der Waals surface area contributed by atoms with Gasteiger partial charge in [0.25, 0.3) is 0 Å². The molecule has 4 heteroatoms. The van der Waals surface area contributed by atoms with Crippen molar-refractivity contribution in [3.8, 4) is 12.1 Å². The Morgan fingerprint density at radius 3 is 1.73 bits per heavy atom. The number of nitriles is 2. The lowest BCUT2D eigenvalue weighted by molar-refractivity contribution is -0.137. The first-order valence-corrected chi connectivity index (χ1v) is 3.24. The smallest absolute Gasteiger partial charge is 0.186 e. The molecule has 0 radical (unpaired) electrons. The van der Waals surface area contributed by atoms with Crippen molar-refractivity contribution in [3.05, 3.63) is 0 Å². The van der Waals surface area contributed by atoms with Gasteiger partial charge in [-0.1, -0.05) is 0 Å². The van der Waals surface area contributed by atoms with Gasteiger partial charge in [0.2, 0.25) is 0 Å². The molecule has 11 heavy (non-hydrogen) atoms. The summed E-state index contributed by atoms with van der Waals surface area (Å²) in [6.45, 7) is 3.35. The van der Waals surface area contributed by atoms with Crippen molar-refractivity contribution in [1.29, 1.82) is 10.5 Å². The van der Waals surface area contributed by atoms with Gasteiger partial charge >= 0.3 is 0 Å². The van der Waals surface area contributed by atoms with Crippen LogP contribution in [0.2, 0.25) is 0 Å². The molecule has 0 bridgehead atoms. The minimum Gasteiger partial charge on any atom is -0.328 e. The third kappa shape index (κ3) is 1.48. The molecule has 1 aliphatic heterocycles. The number of nitrogens with zero attached hydrogens (tertiary/aromatic N) is 2. The SMILES string of the molecule is CC1(C)O[C@@H](C#N)[C@H](C#N)O1. The summed E-state index contributed by atoms with van der Waals surface area (Å²) >= 11 is 0. The molecule has 0 aliphatic carbocycles. The summed E-state index contributed by atoms with van der Waals surface area (Å²) in [6.07, 6.45) is -1.51. The summed E-state index contributed by atoms with van der Waals surface area (Å²) in [4.78, 5) is 0. The normalized spacial score (nSPS) is 34.2. The van der Waals surface area contributed by atoms with E-state index in [1.54, 1.807) is 13.8 Å². The predicted molar refractivity (Wildman–Crippen MR) is 35.1 cm³/mol. The molecule has 0 aromatic rings. The van der Waals surface area contributed by atoms with Gasteiger partial charge in [-0.3, -0.25) is 0 Å². The molecule has 2 atom stereocenters. The second kappa shape index (κ2) is 2.50. The van der Waals surface area contributed by atoms with E-state index in [1.807, 2.05) is 12.1 Å². The van der Waals surface area contributed by atoms with Gasteiger partial charge in [0, 0.05) is 0 Å². The van der Waals surface area contributed by atoms with Crippen LogP contribution in [0, 0.1) is 22.7 Å². The lowest BCUT2D eigenvalue weighted by atomic mass is 10.2. The van der Waals surface area contributed by atoms with Crippen LogP contribution in [0.1, 0.15) is 13.8 Å². The Morgan fingerprint density at radius 2 is 1.45 bits per heavy atom. The highest BCUT2D eigenvalue weighted by Gasteiger charge is 2.41. The third-order valence-electron chi connectivity index (χ3n) is 1.35. The number of rotatable bonds is 0. The first-order valence-electron chi connectivity index (χ1n) is 3.24. The van der Waals surface area contributed by atoms with Crippen molar-refractivity contribution >= 4 is 0 Å². The highest BCUT2D eigenvalue weighted by Crippen LogP contribution is 2.26. The van der Waals surface area contributed by atoms with Crippen LogP contribution in [0.3, 0.4) is 0 Å². The van der Waals surface area contributed by atoms with E-state index in [1.165, 1.54) is 0 Å². The third-order valence-corrected chi connectivity index (χ3v) is 1.35. The molecule has 1 rings (SSSR count). The number of hydrogen-bond acceptors (Lipinski definition) is 4. The maximum absolute atomic E-state index is 8.49. The average Bonchev–Trinajstić information content (AvgIpc) is 2.25. The summed E-state index contributed by atoms with van der Waals surface area (Å²) in [7, 11) is 0. The van der Waals surface area contributed by atoms with Crippen LogP contribution >= 0.6 is 0 Å². The first kappa shape index (κ1) is 8.00. The fourth-order valence-corrected chi connectivity index (χ4v) is 0.951. The van der Waals surface area contributed by atoms with Crippen molar-refractivity contribution in [3.63, 3.8) is 0 Å². The standard InChI is InChI=1S/C7H8N2O2/c1-7(2)10-5(3-8)6(4-9)11-7/h5-6H,1-2H3/t5-,6-/m0/s1. The van der Waals surface area contributed by atoms with E-state index in [-0.39, 0.29) is 0 Å². The van der Waals surface area contributed by atoms with Crippen LogP contribution in [0.15, 0.2) is 0 Å². The summed E-state index contributed by atoms with van der Waals surface area (Å²) in [5.74, 6) is -0.805. The van der Waals surface area contributed by atoms with Crippen molar-refractivity contribution in [2.45, 2.75) is 31.8 Å². The van der Waals surface area contributed by atoms with Crippen LogP contribution in [0.5, 0.6) is 0 Å². The van der Waals surface area contributed by atoms with Crippen LogP contribution in [0.25, 0.3) is 0 Å². The van der Waals surface area contributed by atoms with E-state index >= 15 is 0 Å². The zero-order chi connectivity index (χ0) is 8.48. The minimum absolute atomic E-state index is 0.755. The first-order chi connectivity index (χ1) is 5.09. The highest BCUT2D eigenvalue weighted by atomic mass is 16.7. The molecule has 0 saturated carbocycles. The van der Waals surface area contributed by atoms with Gasteiger partial charge in [-0.15, -0.1) is 0 Å². The van der Waals surface area contributed by atoms with Crippen molar-refractivity contribution < 1.29 is 9.47 Å². The zero-order valence-corrected chi connectivity index (χ0v) is 6.37. The Bertz CT molecular complexity index is 212. The summed E-state index contributed by atoms with van der Waals surface area (Å²) in [5.41, 5.74) is 0. The minimum atomic E-state index is -0.805. The molecule has 1 fully saturated rings. The quantitative estimate of drug-likeness (QED) is 0.508. The van der Waals surface area contributed by atoms with E-state index in [0.29, 0.717) is 0 Å². The fourth-order valence-electron chi connectivity index (χ4n) is 0.951. The Kier molecular flexibility index (Phi) is 1.82. The number of ether oxygens (including phenoxy) is 2. The maximum Gasteiger partial charge on any atom is 0.186 e. The molecule has 0 amide bonds. The highest BCUT2D eigenvalue weighted by molar-refractivity contribution is 5.05. The van der Waals surface area contributed by atoms with E-state index in [4.69, 9.17) is 20.0 Å². The summed E-state index contributed by atoms with van der Waals surface area (Å²) in [5, 5.41) is 17.0. The molecule has 0 N–H and O–H groups in total. The molecule has 4 nitrogen and oxygen atoms in total. The molecule has 0 spiro atoms. The maximum atomic E-state index is 8.49. The van der Waals surface area contributed by atoms with Crippen LogP contribution < -0.4 is 0 Å². The van der Waals surface area contributed by atoms with Crippen molar-refractivity contribution in [2.24, 2.45) is 0 Å². The Morgan fingerprint density at radius 1 is 1.09 bits per heavy atom. The van der Waals surface area contributed by atoms with E-state index in [2.05, 4.69) is 0 Å². The van der Waals surface area contributed by atoms with E-state index < -0.39 is 18.0 Å². The average molecular weight is 152 g/mol. The molecule has 1 heterocycles. The molecule has 0 aromatic heterocycles. The van der Waals surface area contributed by atoms with Crippen molar-refractivity contribution in [2.75, 3.05) is 0 Å². The second-order valence-electron chi connectivity index (χ2n) is 2.73. The van der Waals surface area contributed by atoms with Crippen LogP contribution in [-0.2, 0) is 9.47 Å². The van der Waals surface area contributed by atoms with Gasteiger partial charge in [-0.05, 0) is 13.8 Å². The van der Waals surface area contributed by atoms with Crippen LogP contribution in [-0.4, -0.2) is 18.0 Å². The fraction of sp³-hybridized carbons (Fsp3) is 0.714. The molecule has 0 unspecified atom stereocenters. The van der Waals surface area contributed by atoms with Crippen molar-refractivity contribution in [1.82, 2.24) is 0 Å². The largest absolute Gasteiger partial charge is 0.328 e. The number of hydrogen-bond donors (Lipinski definition) is 0. The van der Waals surface area contributed by atoms with E-state index in [0.717, 1.165) is 0 Å². The molecule has 1 saturated heterocycles. The summed E-state index contributed by atoms with van der Waals surface area (Å²) in [6, 6.07) is 3.70. The monoisotopic (exact) mass is 152 g/mol. The predicted octanol–water partition coefficient (Wildman–Crippen LogP) is 0.554. The Labute approximate surface area is 64.9 Å². The lowest BCUT2D eigenvalue weighted by Crippen LogP contribution is -2.20.